The molecule has 0 aliphatic heterocycles. The quantitative estimate of drug-likeness (QED) is 0.415. The Kier molecular flexibility index (Phi) is 3.53. The van der Waals surface area contributed by atoms with E-state index in [1.165, 1.54) is 18.4 Å². The zero-order chi connectivity index (χ0) is 17.1. The van der Waals surface area contributed by atoms with Gasteiger partial charge >= 0.3 is 0 Å². The van der Waals surface area contributed by atoms with Crippen LogP contribution >= 0.6 is 0 Å². The van der Waals surface area contributed by atoms with Crippen LogP contribution in [0.15, 0.2) is 35.5 Å². The summed E-state index contributed by atoms with van der Waals surface area (Å²) in [6.45, 7) is 8.80. The third-order valence-corrected chi connectivity index (χ3v) is 7.96. The van der Waals surface area contributed by atoms with E-state index in [1.807, 2.05) is 6.08 Å². The van der Waals surface area contributed by atoms with Gasteiger partial charge < -0.3 is 0 Å². The predicted molar refractivity (Wildman–Crippen MR) is 95.4 cm³/mol. The monoisotopic (exact) mass is 324 g/mol. The molecule has 0 unspecified atom stereocenters. The Morgan fingerprint density at radius 3 is 2.75 bits per heavy atom. The van der Waals surface area contributed by atoms with Crippen LogP contribution in [0.4, 0.5) is 0 Å². The van der Waals surface area contributed by atoms with Crippen LogP contribution in [0, 0.1) is 28.6 Å². The Labute approximate surface area is 145 Å². The van der Waals surface area contributed by atoms with Crippen molar-refractivity contribution in [1.29, 1.82) is 0 Å². The van der Waals surface area contributed by atoms with Gasteiger partial charge in [-0.15, -0.1) is 0 Å². The first kappa shape index (κ1) is 16.1. The largest absolute Gasteiger partial charge is 0.298 e. The number of allylic oxidation sites excluding steroid dienone is 5. The molecule has 0 spiro atoms. The van der Waals surface area contributed by atoms with E-state index in [2.05, 4.69) is 26.5 Å². The maximum Gasteiger partial charge on any atom is 0.155 e. The molecule has 0 heterocycles. The van der Waals surface area contributed by atoms with Crippen molar-refractivity contribution in [3.05, 3.63) is 35.5 Å². The normalized spacial score (nSPS) is 43.9. The zero-order valence-corrected chi connectivity index (χ0v) is 14.9. The van der Waals surface area contributed by atoms with E-state index in [-0.39, 0.29) is 10.8 Å². The molecule has 0 radical (unpaired) electrons. The number of hydrogen-bond donors (Lipinski definition) is 0. The van der Waals surface area contributed by atoms with Gasteiger partial charge in [0, 0.05) is 6.42 Å². The van der Waals surface area contributed by atoms with E-state index in [0.29, 0.717) is 30.0 Å². The molecule has 0 saturated heterocycles. The Balaban J connectivity index is 1.68. The van der Waals surface area contributed by atoms with Crippen LogP contribution in [-0.2, 0) is 9.59 Å². The van der Waals surface area contributed by atoms with E-state index in [1.54, 1.807) is 5.57 Å². The van der Waals surface area contributed by atoms with Gasteiger partial charge in [-0.3, -0.25) is 9.59 Å². The second-order valence-corrected chi connectivity index (χ2v) is 8.90. The Hall–Kier alpha value is -1.44. The number of aldehydes is 1. The van der Waals surface area contributed by atoms with Gasteiger partial charge in [0.25, 0.3) is 0 Å². The first-order valence-electron chi connectivity index (χ1n) is 9.48. The first-order valence-corrected chi connectivity index (χ1v) is 9.48. The number of hydrogen-bond acceptors (Lipinski definition) is 2. The molecule has 0 aromatic heterocycles. The van der Waals surface area contributed by atoms with Gasteiger partial charge in [0.1, 0.15) is 6.29 Å². The number of fused-ring (bicyclic) bond motifs is 5. The second-order valence-electron chi connectivity index (χ2n) is 8.90. The van der Waals surface area contributed by atoms with Gasteiger partial charge in [0.15, 0.2) is 5.78 Å². The molecule has 5 atom stereocenters. The molecule has 0 N–H and O–H groups in total. The van der Waals surface area contributed by atoms with E-state index >= 15 is 0 Å². The number of ketones is 1. The summed E-state index contributed by atoms with van der Waals surface area (Å²) in [4.78, 5) is 23.2. The van der Waals surface area contributed by atoms with Gasteiger partial charge in [-0.2, -0.15) is 0 Å². The molecule has 2 saturated carbocycles. The molecule has 4 rings (SSSR count). The molecule has 0 aromatic carbocycles. The standard InChI is InChI=1S/C22H28O2/c1-14(13-23)18-6-7-19-17-5-4-15-12-16(24)8-10-21(15,2)20(17)9-11-22(18,19)3/h7,12-13,17-18,20H,1,4-6,8-11H2,2-3H3/t17-,18+,20-,21-,22+/m0/s1. The van der Waals surface area contributed by atoms with Crippen molar-refractivity contribution in [2.45, 2.75) is 58.8 Å². The lowest BCUT2D eigenvalue weighted by atomic mass is 9.48. The minimum Gasteiger partial charge on any atom is -0.298 e. The fraction of sp³-hybridized carbons (Fsp3) is 0.636. The lowest BCUT2D eigenvalue weighted by Crippen LogP contribution is -2.47. The average Bonchev–Trinajstić information content (AvgIpc) is 2.92. The van der Waals surface area contributed by atoms with Crippen LogP contribution in [0.25, 0.3) is 0 Å². The molecular weight excluding hydrogens is 296 g/mol. The fourth-order valence-corrected chi connectivity index (χ4v) is 6.54. The van der Waals surface area contributed by atoms with Crippen LogP contribution in [0.1, 0.15) is 58.8 Å². The van der Waals surface area contributed by atoms with Crippen molar-refractivity contribution in [2.24, 2.45) is 28.6 Å². The predicted octanol–water partition coefficient (Wildman–Crippen LogP) is 4.81. The highest BCUT2D eigenvalue weighted by atomic mass is 16.1. The fourth-order valence-electron chi connectivity index (χ4n) is 6.54. The third kappa shape index (κ3) is 2.01. The van der Waals surface area contributed by atoms with E-state index in [0.717, 1.165) is 37.5 Å². The Morgan fingerprint density at radius 2 is 2.00 bits per heavy atom. The molecule has 0 aromatic rings. The number of carbonyl (C=O) groups excluding carboxylic acids is 2. The van der Waals surface area contributed by atoms with Crippen molar-refractivity contribution in [1.82, 2.24) is 0 Å². The molecule has 2 nitrogen and oxygen atoms in total. The first-order chi connectivity index (χ1) is 11.4. The van der Waals surface area contributed by atoms with E-state index in [9.17, 15) is 9.59 Å². The SMILES string of the molecule is C=C(C=O)[C@H]1CC=C2[C@@H]3CCC4=CC(=O)CC[C@]4(C)[C@H]3CC[C@@]21C. The van der Waals surface area contributed by atoms with E-state index in [4.69, 9.17) is 0 Å². The Morgan fingerprint density at radius 1 is 1.21 bits per heavy atom. The van der Waals surface area contributed by atoms with Crippen molar-refractivity contribution >= 4 is 12.1 Å². The molecule has 24 heavy (non-hydrogen) atoms. The van der Waals surface area contributed by atoms with Gasteiger partial charge in [-0.1, -0.05) is 37.6 Å². The molecule has 2 fully saturated rings. The van der Waals surface area contributed by atoms with E-state index < -0.39 is 0 Å². The summed E-state index contributed by atoms with van der Waals surface area (Å²) in [6, 6.07) is 0. The highest BCUT2D eigenvalue weighted by Gasteiger charge is 2.56. The second kappa shape index (κ2) is 5.28. The summed E-state index contributed by atoms with van der Waals surface area (Å²) >= 11 is 0. The smallest absolute Gasteiger partial charge is 0.155 e. The summed E-state index contributed by atoms with van der Waals surface area (Å²) in [6.07, 6.45) is 12.7. The van der Waals surface area contributed by atoms with Crippen LogP contribution in [-0.4, -0.2) is 12.1 Å². The van der Waals surface area contributed by atoms with Gasteiger partial charge in [-0.05, 0) is 78.8 Å². The van der Waals surface area contributed by atoms with Crippen LogP contribution in [0.3, 0.4) is 0 Å². The lowest BCUT2D eigenvalue weighted by molar-refractivity contribution is -0.116. The summed E-state index contributed by atoms with van der Waals surface area (Å²) in [5.74, 6) is 1.91. The molecule has 2 heteroatoms. The van der Waals surface area contributed by atoms with Crippen LogP contribution in [0.2, 0.25) is 0 Å². The molecule has 4 aliphatic carbocycles. The van der Waals surface area contributed by atoms with Gasteiger partial charge in [0.2, 0.25) is 0 Å². The molecular formula is C22H28O2. The summed E-state index contributed by atoms with van der Waals surface area (Å²) in [7, 11) is 0. The maximum absolute atomic E-state index is 11.9. The van der Waals surface area contributed by atoms with Crippen molar-refractivity contribution in [3.63, 3.8) is 0 Å². The minimum atomic E-state index is 0.126. The number of carbonyl (C=O) groups is 2. The summed E-state index contributed by atoms with van der Waals surface area (Å²) in [5, 5.41) is 0. The topological polar surface area (TPSA) is 34.1 Å². The molecule has 0 bridgehead atoms. The highest BCUT2D eigenvalue weighted by molar-refractivity contribution is 5.91. The summed E-state index contributed by atoms with van der Waals surface area (Å²) < 4.78 is 0. The third-order valence-electron chi connectivity index (χ3n) is 7.96. The lowest BCUT2D eigenvalue weighted by Gasteiger charge is -2.56. The maximum atomic E-state index is 11.9. The highest BCUT2D eigenvalue weighted by Crippen LogP contribution is 2.65. The Bertz CT molecular complexity index is 682. The van der Waals surface area contributed by atoms with Crippen molar-refractivity contribution in [3.8, 4) is 0 Å². The summed E-state index contributed by atoms with van der Waals surface area (Å²) in [5.41, 5.74) is 4.12. The molecule has 4 aliphatic rings. The van der Waals surface area contributed by atoms with Crippen molar-refractivity contribution < 1.29 is 9.59 Å². The van der Waals surface area contributed by atoms with Gasteiger partial charge in [0.05, 0.1) is 0 Å². The van der Waals surface area contributed by atoms with Crippen molar-refractivity contribution in [2.75, 3.05) is 0 Å². The zero-order valence-electron chi connectivity index (χ0n) is 14.9. The number of rotatable bonds is 2. The van der Waals surface area contributed by atoms with Gasteiger partial charge in [-0.25, -0.2) is 0 Å². The molecule has 0 amide bonds. The minimum absolute atomic E-state index is 0.126. The van der Waals surface area contributed by atoms with Crippen LogP contribution in [0.5, 0.6) is 0 Å². The average molecular weight is 324 g/mol. The van der Waals surface area contributed by atoms with Crippen LogP contribution < -0.4 is 0 Å². The molecule has 128 valence electrons.